The van der Waals surface area contributed by atoms with E-state index in [1.54, 1.807) is 7.11 Å². The van der Waals surface area contributed by atoms with Crippen LogP contribution in [0.2, 0.25) is 0 Å². The first kappa shape index (κ1) is 13.1. The highest BCUT2D eigenvalue weighted by Crippen LogP contribution is 2.33. The zero-order chi connectivity index (χ0) is 13.3. The van der Waals surface area contributed by atoms with Crippen LogP contribution < -0.4 is 4.74 Å². The fourth-order valence-corrected chi connectivity index (χ4v) is 2.87. The van der Waals surface area contributed by atoms with Crippen molar-refractivity contribution in [1.82, 2.24) is 0 Å². The van der Waals surface area contributed by atoms with Gasteiger partial charge < -0.3 is 9.84 Å². The Morgan fingerprint density at radius 1 is 1.06 bits per heavy atom. The van der Waals surface area contributed by atoms with Gasteiger partial charge in [-0.05, 0) is 49.1 Å². The molecule has 0 aliphatic carbocycles. The Morgan fingerprint density at radius 2 is 1.72 bits per heavy atom. The van der Waals surface area contributed by atoms with E-state index >= 15 is 0 Å². The minimum Gasteiger partial charge on any atom is -0.496 e. The van der Waals surface area contributed by atoms with E-state index in [-0.39, 0.29) is 0 Å². The zero-order valence-electron chi connectivity index (χ0n) is 11.2. The Bertz CT molecular complexity index is 558. The van der Waals surface area contributed by atoms with Crippen LogP contribution in [0, 0.1) is 20.8 Å². The van der Waals surface area contributed by atoms with Gasteiger partial charge in [-0.2, -0.15) is 0 Å². The van der Waals surface area contributed by atoms with Crippen LogP contribution in [0.1, 0.15) is 33.2 Å². The topological polar surface area (TPSA) is 29.5 Å². The van der Waals surface area contributed by atoms with Crippen molar-refractivity contribution < 1.29 is 9.84 Å². The van der Waals surface area contributed by atoms with E-state index in [4.69, 9.17) is 4.74 Å². The van der Waals surface area contributed by atoms with E-state index in [2.05, 4.69) is 26.0 Å². The second kappa shape index (κ2) is 5.12. The van der Waals surface area contributed by atoms with E-state index in [9.17, 15) is 5.11 Å². The molecule has 2 nitrogen and oxygen atoms in total. The second-order valence-electron chi connectivity index (χ2n) is 4.58. The van der Waals surface area contributed by atoms with E-state index < -0.39 is 6.10 Å². The van der Waals surface area contributed by atoms with E-state index in [0.29, 0.717) is 0 Å². The molecule has 1 unspecified atom stereocenters. The molecule has 0 aliphatic heterocycles. The van der Waals surface area contributed by atoms with Gasteiger partial charge in [-0.15, -0.1) is 11.3 Å². The Balaban J connectivity index is 2.39. The van der Waals surface area contributed by atoms with Crippen molar-refractivity contribution in [2.45, 2.75) is 26.9 Å². The lowest BCUT2D eigenvalue weighted by Gasteiger charge is -2.14. The third kappa shape index (κ3) is 2.42. The third-order valence-electron chi connectivity index (χ3n) is 3.28. The molecule has 0 saturated heterocycles. The molecule has 1 aromatic carbocycles. The molecule has 0 fully saturated rings. The number of hydrogen-bond acceptors (Lipinski definition) is 3. The van der Waals surface area contributed by atoms with Gasteiger partial charge in [0.25, 0.3) is 0 Å². The predicted molar refractivity (Wildman–Crippen MR) is 75.6 cm³/mol. The Hall–Kier alpha value is -1.32. The van der Waals surface area contributed by atoms with Crippen LogP contribution >= 0.6 is 11.3 Å². The van der Waals surface area contributed by atoms with Gasteiger partial charge in [0.1, 0.15) is 11.9 Å². The molecule has 18 heavy (non-hydrogen) atoms. The molecule has 1 heterocycles. The largest absolute Gasteiger partial charge is 0.496 e. The fraction of sp³-hybridized carbons (Fsp3) is 0.333. The summed E-state index contributed by atoms with van der Waals surface area (Å²) in [6.07, 6.45) is -0.571. The van der Waals surface area contributed by atoms with Gasteiger partial charge in [0, 0.05) is 10.3 Å². The first-order valence-corrected chi connectivity index (χ1v) is 6.79. The monoisotopic (exact) mass is 262 g/mol. The molecule has 1 atom stereocenters. The van der Waals surface area contributed by atoms with Gasteiger partial charge >= 0.3 is 0 Å². The number of aryl methyl sites for hydroxylation is 3. The number of aliphatic hydroxyl groups excluding tert-OH is 1. The summed E-state index contributed by atoms with van der Waals surface area (Å²) < 4.78 is 5.15. The van der Waals surface area contributed by atoms with Crippen LogP contribution in [0.15, 0.2) is 23.6 Å². The maximum Gasteiger partial charge on any atom is 0.129 e. The average molecular weight is 262 g/mol. The van der Waals surface area contributed by atoms with Crippen molar-refractivity contribution >= 4 is 11.3 Å². The molecule has 0 saturated carbocycles. The molecule has 3 heteroatoms. The average Bonchev–Trinajstić information content (AvgIpc) is 2.81. The standard InChI is InChI=1S/C15H18O2S/c1-9-5-11(3)13(6-10(9)2)15(16)14-7-12(17-4)8-18-14/h5-8,15-16H,1-4H3. The molecular formula is C15H18O2S. The molecule has 0 aliphatic rings. The van der Waals surface area contributed by atoms with Crippen molar-refractivity contribution in [3.05, 3.63) is 50.7 Å². The van der Waals surface area contributed by atoms with Crippen molar-refractivity contribution in [2.24, 2.45) is 0 Å². The first-order valence-electron chi connectivity index (χ1n) is 5.91. The number of hydrogen-bond donors (Lipinski definition) is 1. The maximum atomic E-state index is 10.5. The summed E-state index contributed by atoms with van der Waals surface area (Å²) in [6.45, 7) is 6.20. The summed E-state index contributed by atoms with van der Waals surface area (Å²) in [6, 6.07) is 6.09. The van der Waals surface area contributed by atoms with Gasteiger partial charge in [-0.3, -0.25) is 0 Å². The molecule has 1 N–H and O–H groups in total. The number of thiophene rings is 1. The highest BCUT2D eigenvalue weighted by atomic mass is 32.1. The van der Waals surface area contributed by atoms with Crippen LogP contribution in [0.25, 0.3) is 0 Å². The number of ether oxygens (including phenoxy) is 1. The molecule has 0 bridgehead atoms. The van der Waals surface area contributed by atoms with E-state index in [1.165, 1.54) is 22.5 Å². The van der Waals surface area contributed by atoms with Crippen LogP contribution in [0.5, 0.6) is 5.75 Å². The lowest BCUT2D eigenvalue weighted by atomic mass is 9.96. The normalized spacial score (nSPS) is 12.5. The molecule has 2 aromatic rings. The maximum absolute atomic E-state index is 10.5. The molecule has 0 spiro atoms. The Morgan fingerprint density at radius 3 is 2.33 bits per heavy atom. The fourth-order valence-electron chi connectivity index (χ4n) is 2.02. The van der Waals surface area contributed by atoms with Gasteiger partial charge in [0.2, 0.25) is 0 Å². The van der Waals surface area contributed by atoms with Gasteiger partial charge in [0.05, 0.1) is 7.11 Å². The number of methoxy groups -OCH3 is 1. The predicted octanol–water partition coefficient (Wildman–Crippen LogP) is 3.76. The van der Waals surface area contributed by atoms with Crippen molar-refractivity contribution in [1.29, 1.82) is 0 Å². The summed E-state index contributed by atoms with van der Waals surface area (Å²) in [5, 5.41) is 12.4. The van der Waals surface area contributed by atoms with Crippen molar-refractivity contribution in [3.8, 4) is 5.75 Å². The van der Waals surface area contributed by atoms with Crippen LogP contribution in [0.3, 0.4) is 0 Å². The molecule has 96 valence electrons. The second-order valence-corrected chi connectivity index (χ2v) is 5.53. The quantitative estimate of drug-likeness (QED) is 0.912. The van der Waals surface area contributed by atoms with Crippen molar-refractivity contribution in [2.75, 3.05) is 7.11 Å². The smallest absolute Gasteiger partial charge is 0.129 e. The minimum absolute atomic E-state index is 0.571. The van der Waals surface area contributed by atoms with Crippen LogP contribution in [-0.4, -0.2) is 12.2 Å². The lowest BCUT2D eigenvalue weighted by molar-refractivity contribution is 0.223. The first-order chi connectivity index (χ1) is 8.52. The highest BCUT2D eigenvalue weighted by Gasteiger charge is 2.16. The summed E-state index contributed by atoms with van der Waals surface area (Å²) in [4.78, 5) is 0.915. The number of benzene rings is 1. The van der Waals surface area contributed by atoms with E-state index in [1.807, 2.05) is 18.4 Å². The van der Waals surface area contributed by atoms with Gasteiger partial charge in [0.15, 0.2) is 0 Å². The highest BCUT2D eigenvalue weighted by molar-refractivity contribution is 7.10. The summed E-state index contributed by atoms with van der Waals surface area (Å²) in [5.41, 5.74) is 4.56. The number of aliphatic hydroxyl groups is 1. The summed E-state index contributed by atoms with van der Waals surface area (Å²) in [7, 11) is 1.64. The molecular weight excluding hydrogens is 244 g/mol. The Labute approximate surface area is 112 Å². The number of rotatable bonds is 3. The van der Waals surface area contributed by atoms with Gasteiger partial charge in [-0.25, -0.2) is 0 Å². The molecule has 0 amide bonds. The zero-order valence-corrected chi connectivity index (χ0v) is 12.0. The summed E-state index contributed by atoms with van der Waals surface area (Å²) in [5.74, 6) is 0.801. The lowest BCUT2D eigenvalue weighted by Crippen LogP contribution is -2.01. The van der Waals surface area contributed by atoms with Crippen molar-refractivity contribution in [3.63, 3.8) is 0 Å². The van der Waals surface area contributed by atoms with Crippen LogP contribution in [-0.2, 0) is 0 Å². The third-order valence-corrected chi connectivity index (χ3v) is 4.24. The summed E-state index contributed by atoms with van der Waals surface area (Å²) >= 11 is 1.52. The SMILES string of the molecule is COc1csc(C(O)c2cc(C)c(C)cc2C)c1. The van der Waals surface area contributed by atoms with Gasteiger partial charge in [-0.1, -0.05) is 12.1 Å². The molecule has 2 rings (SSSR count). The van der Waals surface area contributed by atoms with Crippen LogP contribution in [0.4, 0.5) is 0 Å². The Kier molecular flexibility index (Phi) is 3.73. The minimum atomic E-state index is -0.571. The molecule has 0 radical (unpaired) electrons. The molecule has 1 aromatic heterocycles. The van der Waals surface area contributed by atoms with E-state index in [0.717, 1.165) is 21.8 Å².